The van der Waals surface area contributed by atoms with E-state index < -0.39 is 51.1 Å². The van der Waals surface area contributed by atoms with E-state index in [0.29, 0.717) is 23.8 Å². The number of rotatable bonds is 9. The summed E-state index contributed by atoms with van der Waals surface area (Å²) in [5.41, 5.74) is 7.35. The number of amides is 1. The number of carbonyl (C=O) groups is 1. The molecule has 1 unspecified atom stereocenters. The third-order valence-corrected chi connectivity index (χ3v) is 9.56. The molecule has 42 heavy (non-hydrogen) atoms. The van der Waals surface area contributed by atoms with Crippen LogP contribution in [0.25, 0.3) is 0 Å². The van der Waals surface area contributed by atoms with Gasteiger partial charge in [-0.2, -0.15) is 0 Å². The molecule has 10 heteroatoms. The number of hydrogen-bond acceptors (Lipinski definition) is 4. The molecule has 1 saturated carbocycles. The van der Waals surface area contributed by atoms with Crippen LogP contribution < -0.4 is 35.6 Å². The van der Waals surface area contributed by atoms with Crippen molar-refractivity contribution in [3.05, 3.63) is 117 Å². The fourth-order valence-corrected chi connectivity index (χ4v) is 6.89. The number of carbonyl (C=O) groups excluding carboxylic acids is 1. The first-order chi connectivity index (χ1) is 20.2. The molecule has 0 saturated heterocycles. The zero-order chi connectivity index (χ0) is 29.7. The van der Waals surface area contributed by atoms with Crippen LogP contribution in [0.1, 0.15) is 42.9 Å². The minimum atomic E-state index is -4.62. The zero-order valence-corrected chi connectivity index (χ0v) is 24.9. The van der Waals surface area contributed by atoms with Crippen molar-refractivity contribution in [2.45, 2.75) is 44.5 Å². The van der Waals surface area contributed by atoms with E-state index in [4.69, 9.17) is 10.5 Å². The number of nitrogens with two attached hydrogens (primary N) is 1. The van der Waals surface area contributed by atoms with Crippen molar-refractivity contribution in [2.75, 3.05) is 15.0 Å². The van der Waals surface area contributed by atoms with Gasteiger partial charge in [0.2, 0.25) is 0 Å². The molecule has 1 atom stereocenters. The molecule has 0 aromatic heterocycles. The van der Waals surface area contributed by atoms with E-state index in [0.717, 1.165) is 47.0 Å². The third kappa shape index (κ3) is 7.59. The Labute approximate surface area is 253 Å². The summed E-state index contributed by atoms with van der Waals surface area (Å²) in [6.07, 6.45) is 9.75. The van der Waals surface area contributed by atoms with Crippen LogP contribution in [0, 0.1) is 11.7 Å². The standard InChI is InChI=1S/C32H31F4IN3O2/c33-27-14-13-24(30(42-20-21-11-12-21)23-8-4-2-1-3-5-9-23)16-28(27)39-31(41)29-17-25(32(34,35)36)18-37-40(29)26-10-6-7-22(15-26)19-38/h2,4-10,13-18,21,30H,1,3,11-12,19-20,38H2,(H,39,41)/q-1. The monoisotopic (exact) mass is 692 g/mol. The van der Waals surface area contributed by atoms with Crippen molar-refractivity contribution >= 4 is 17.3 Å². The van der Waals surface area contributed by atoms with Crippen LogP contribution in [-0.2, 0) is 16.1 Å². The molecule has 1 heterocycles. The van der Waals surface area contributed by atoms with Gasteiger partial charge in [0.05, 0.1) is 0 Å². The molecule has 0 bridgehead atoms. The molecule has 5 rings (SSSR count). The summed E-state index contributed by atoms with van der Waals surface area (Å²) in [5, 5.41) is 2.55. The van der Waals surface area contributed by atoms with Crippen LogP contribution >= 0.6 is 0 Å². The van der Waals surface area contributed by atoms with Crippen LogP contribution in [0.4, 0.5) is 28.9 Å². The molecular weight excluding hydrogens is 661 g/mol. The molecule has 1 amide bonds. The summed E-state index contributed by atoms with van der Waals surface area (Å²) < 4.78 is 65.1. The van der Waals surface area contributed by atoms with Crippen molar-refractivity contribution in [3.63, 3.8) is 0 Å². The Kier molecular flexibility index (Phi) is 9.64. The Morgan fingerprint density at radius 2 is 1.95 bits per heavy atom. The molecular formula is C32H31F4IN3O2-. The Bertz CT molecular complexity index is 1470. The van der Waals surface area contributed by atoms with E-state index in [-0.39, 0.29) is 17.9 Å². The predicted molar refractivity (Wildman–Crippen MR) is 151 cm³/mol. The molecule has 5 nitrogen and oxygen atoms in total. The van der Waals surface area contributed by atoms with Gasteiger partial charge in [-0.3, -0.25) is 0 Å². The summed E-state index contributed by atoms with van der Waals surface area (Å²) in [6.45, 7) is 0.789. The van der Waals surface area contributed by atoms with E-state index in [9.17, 15) is 18.0 Å². The minimum absolute atomic E-state index is 0.138. The molecule has 2 aromatic carbocycles. The van der Waals surface area contributed by atoms with Gasteiger partial charge in [0, 0.05) is 0 Å². The number of alkyl halides is 3. The Morgan fingerprint density at radius 3 is 2.71 bits per heavy atom. The van der Waals surface area contributed by atoms with Crippen LogP contribution in [0.3, 0.4) is 0 Å². The zero-order valence-electron chi connectivity index (χ0n) is 22.7. The van der Waals surface area contributed by atoms with Crippen molar-refractivity contribution in [3.8, 4) is 0 Å². The van der Waals surface area contributed by atoms with Gasteiger partial charge in [-0.1, -0.05) is 0 Å². The van der Waals surface area contributed by atoms with Gasteiger partial charge in [-0.15, -0.1) is 0 Å². The molecule has 1 fully saturated rings. The van der Waals surface area contributed by atoms with E-state index in [1.165, 1.54) is 12.1 Å². The van der Waals surface area contributed by atoms with Crippen LogP contribution in [0.15, 0.2) is 99.8 Å². The van der Waals surface area contributed by atoms with Gasteiger partial charge >= 0.3 is 247 Å². The number of nitrogens with zero attached hydrogens (tertiary/aromatic N) is 1. The number of allylic oxidation sites excluding steroid dienone is 6. The first-order valence-corrected chi connectivity index (χ1v) is 15.9. The van der Waals surface area contributed by atoms with Crippen LogP contribution in [0.5, 0.6) is 0 Å². The average Bonchev–Trinajstić information content (AvgIpc) is 3.79. The fourth-order valence-electron chi connectivity index (χ4n) is 4.50. The van der Waals surface area contributed by atoms with Crippen molar-refractivity contribution in [2.24, 2.45) is 11.7 Å². The Balaban J connectivity index is 1.46. The van der Waals surface area contributed by atoms with Gasteiger partial charge in [0.25, 0.3) is 0 Å². The number of anilines is 2. The van der Waals surface area contributed by atoms with Crippen molar-refractivity contribution in [1.29, 1.82) is 0 Å². The molecule has 0 spiro atoms. The van der Waals surface area contributed by atoms with Gasteiger partial charge in [-0.25, -0.2) is 0 Å². The quantitative estimate of drug-likeness (QED) is 0.233. The second kappa shape index (κ2) is 13.4. The molecule has 2 aromatic rings. The van der Waals surface area contributed by atoms with E-state index in [1.807, 2.05) is 18.2 Å². The normalized spacial score (nSPS) is 18.2. The molecule has 0 radical (unpaired) electrons. The van der Waals surface area contributed by atoms with Gasteiger partial charge in [0.1, 0.15) is 0 Å². The Morgan fingerprint density at radius 1 is 1.14 bits per heavy atom. The van der Waals surface area contributed by atoms with Gasteiger partial charge in [0.15, 0.2) is 0 Å². The first-order valence-electron chi connectivity index (χ1n) is 13.7. The maximum atomic E-state index is 15.1. The Hall–Kier alpha value is -3.22. The third-order valence-electron chi connectivity index (χ3n) is 6.98. The number of benzene rings is 2. The van der Waals surface area contributed by atoms with Gasteiger partial charge < -0.3 is 0 Å². The SMILES string of the molecule is NCc1cccc(N2[I-]C=C(C(F)(F)F)C=C2C(=O)Nc2cc(C(OCC3CC3)C3=CC=CCCC=C3)ccc2F)c1. The van der Waals surface area contributed by atoms with Crippen LogP contribution in [-0.4, -0.2) is 18.7 Å². The second-order valence-electron chi connectivity index (χ2n) is 10.3. The van der Waals surface area contributed by atoms with E-state index in [1.54, 1.807) is 33.4 Å². The van der Waals surface area contributed by atoms with E-state index in [2.05, 4.69) is 17.5 Å². The number of hydrogen-bond donors (Lipinski definition) is 2. The summed E-state index contributed by atoms with van der Waals surface area (Å²) >= 11 is -1.40. The first kappa shape index (κ1) is 30.2. The number of nitrogens with one attached hydrogen (secondary N) is 1. The summed E-state index contributed by atoms with van der Waals surface area (Å²) in [6, 6.07) is 11.3. The topological polar surface area (TPSA) is 67.6 Å². The number of halogens is 5. The summed E-state index contributed by atoms with van der Waals surface area (Å²) in [5.74, 6) is -1.06. The number of ether oxygens (including phenoxy) is 1. The molecule has 222 valence electrons. The summed E-state index contributed by atoms with van der Waals surface area (Å²) in [4.78, 5) is 13.6. The average molecular weight is 693 g/mol. The molecule has 3 aliphatic rings. The van der Waals surface area contributed by atoms with Gasteiger partial charge in [-0.05, 0) is 6.42 Å². The van der Waals surface area contributed by atoms with E-state index >= 15 is 4.39 Å². The van der Waals surface area contributed by atoms with Crippen LogP contribution in [0.2, 0.25) is 0 Å². The molecule has 1 aliphatic heterocycles. The fraction of sp³-hybridized carbons (Fsp3) is 0.281. The van der Waals surface area contributed by atoms with Crippen molar-refractivity contribution in [1.82, 2.24) is 0 Å². The van der Waals surface area contributed by atoms with Crippen molar-refractivity contribution < 1.29 is 48.6 Å². The molecule has 3 N–H and O–H groups in total. The maximum absolute atomic E-state index is 15.1. The predicted octanol–water partition coefficient (Wildman–Crippen LogP) is 4.38. The molecule has 2 aliphatic carbocycles. The summed E-state index contributed by atoms with van der Waals surface area (Å²) in [7, 11) is 0. The second-order valence-corrected chi connectivity index (χ2v) is 12.4.